The molecule has 11 heteroatoms. The molecular formula is C20H38N4O6S. The molecule has 4 N–H and O–H groups in total. The molecule has 0 radical (unpaired) electrons. The van der Waals surface area contributed by atoms with Gasteiger partial charge in [-0.15, -0.1) is 0 Å². The molecule has 1 rings (SSSR count). The maximum absolute atomic E-state index is 12.7. The number of hydrogen-bond acceptors (Lipinski definition) is 8. The number of aliphatic hydroxyl groups excluding tert-OH is 1. The Kier molecular flexibility index (Phi) is 12.2. The minimum atomic E-state index is -1.24. The first-order valence-corrected chi connectivity index (χ1v) is 12.0. The third-order valence-electron chi connectivity index (χ3n) is 4.51. The minimum Gasteiger partial charge on any atom is -0.444 e. The van der Waals surface area contributed by atoms with Gasteiger partial charge in [-0.2, -0.15) is 11.8 Å². The van der Waals surface area contributed by atoms with Crippen LogP contribution in [0.5, 0.6) is 0 Å². The van der Waals surface area contributed by atoms with Gasteiger partial charge in [-0.1, -0.05) is 0 Å². The molecule has 0 spiro atoms. The summed E-state index contributed by atoms with van der Waals surface area (Å²) < 4.78 is 10.5. The lowest BCUT2D eigenvalue weighted by atomic mass is 10.1. The zero-order valence-corrected chi connectivity index (χ0v) is 20.0. The Balaban J connectivity index is 2.65. The molecule has 0 unspecified atom stereocenters. The van der Waals surface area contributed by atoms with E-state index in [1.807, 2.05) is 6.26 Å². The second-order valence-corrected chi connectivity index (χ2v) is 9.44. The van der Waals surface area contributed by atoms with E-state index in [0.29, 0.717) is 38.5 Å². The van der Waals surface area contributed by atoms with Crippen molar-refractivity contribution >= 4 is 29.7 Å². The summed E-state index contributed by atoms with van der Waals surface area (Å²) in [7, 11) is 0. The molecule has 0 bridgehead atoms. The van der Waals surface area contributed by atoms with E-state index in [-0.39, 0.29) is 5.91 Å². The van der Waals surface area contributed by atoms with Gasteiger partial charge >= 0.3 is 6.09 Å². The number of nitrogens with one attached hydrogen (secondary N) is 3. The quantitative estimate of drug-likeness (QED) is 0.336. The monoisotopic (exact) mass is 462 g/mol. The zero-order valence-electron chi connectivity index (χ0n) is 19.2. The highest BCUT2D eigenvalue weighted by molar-refractivity contribution is 7.98. The highest BCUT2D eigenvalue weighted by Crippen LogP contribution is 2.08. The number of carbonyl (C=O) groups is 3. The van der Waals surface area contributed by atoms with E-state index in [4.69, 9.17) is 9.47 Å². The van der Waals surface area contributed by atoms with Crippen molar-refractivity contribution < 1.29 is 29.0 Å². The summed E-state index contributed by atoms with van der Waals surface area (Å²) in [6.07, 6.45) is 0.356. The fourth-order valence-electron chi connectivity index (χ4n) is 2.89. The van der Waals surface area contributed by atoms with Crippen LogP contribution >= 0.6 is 11.8 Å². The van der Waals surface area contributed by atoms with Gasteiger partial charge in [0.15, 0.2) is 0 Å². The van der Waals surface area contributed by atoms with Crippen molar-refractivity contribution in [2.45, 2.75) is 57.9 Å². The topological polar surface area (TPSA) is 129 Å². The molecule has 1 heterocycles. The van der Waals surface area contributed by atoms with Crippen LogP contribution in [0.15, 0.2) is 0 Å². The van der Waals surface area contributed by atoms with Crippen LogP contribution < -0.4 is 16.0 Å². The third kappa shape index (κ3) is 11.6. The second-order valence-electron chi connectivity index (χ2n) is 8.45. The molecule has 31 heavy (non-hydrogen) atoms. The lowest BCUT2D eigenvalue weighted by Gasteiger charge is -2.28. The molecule has 0 saturated carbocycles. The molecule has 1 aliphatic rings. The molecule has 0 aromatic rings. The third-order valence-corrected chi connectivity index (χ3v) is 5.16. The number of rotatable bonds is 11. The Bertz CT molecular complexity index is 579. The first-order chi connectivity index (χ1) is 14.5. The number of aliphatic hydroxyl groups is 1. The van der Waals surface area contributed by atoms with Crippen LogP contribution in [0.4, 0.5) is 4.79 Å². The number of amides is 3. The summed E-state index contributed by atoms with van der Waals surface area (Å²) in [5.41, 5.74) is -0.745. The van der Waals surface area contributed by atoms with E-state index in [2.05, 4.69) is 20.9 Å². The van der Waals surface area contributed by atoms with Crippen LogP contribution in [0.1, 0.15) is 34.1 Å². The Labute approximate surface area is 189 Å². The molecule has 1 saturated heterocycles. The van der Waals surface area contributed by atoms with Crippen molar-refractivity contribution in [2.75, 3.05) is 51.4 Å². The SMILES string of the molecule is CSCC[C@H](NC(=O)[C@@H](NC(=O)OC(C)(C)C)[C@@H](C)O)C(=O)NCCN1CCOCC1. The highest BCUT2D eigenvalue weighted by atomic mass is 32.2. The van der Waals surface area contributed by atoms with Crippen LogP contribution in [0.2, 0.25) is 0 Å². The Morgan fingerprint density at radius 1 is 1.16 bits per heavy atom. The largest absolute Gasteiger partial charge is 0.444 e. The lowest BCUT2D eigenvalue weighted by Crippen LogP contribution is -2.57. The molecule has 180 valence electrons. The summed E-state index contributed by atoms with van der Waals surface area (Å²) in [6, 6.07) is -2.01. The van der Waals surface area contributed by atoms with Gasteiger partial charge in [-0.3, -0.25) is 14.5 Å². The highest BCUT2D eigenvalue weighted by Gasteiger charge is 2.31. The van der Waals surface area contributed by atoms with Gasteiger partial charge < -0.3 is 30.5 Å². The van der Waals surface area contributed by atoms with Crippen molar-refractivity contribution in [3.05, 3.63) is 0 Å². The average molecular weight is 463 g/mol. The second kappa shape index (κ2) is 13.8. The number of morpholine rings is 1. The molecule has 0 aliphatic carbocycles. The Morgan fingerprint density at radius 3 is 2.35 bits per heavy atom. The zero-order chi connectivity index (χ0) is 23.4. The van der Waals surface area contributed by atoms with Gasteiger partial charge in [0, 0.05) is 26.2 Å². The van der Waals surface area contributed by atoms with Crippen molar-refractivity contribution in [1.29, 1.82) is 0 Å². The Morgan fingerprint density at radius 2 is 1.81 bits per heavy atom. The molecule has 0 aromatic carbocycles. The van der Waals surface area contributed by atoms with E-state index in [0.717, 1.165) is 13.1 Å². The molecule has 0 aromatic heterocycles. The number of alkyl carbamates (subject to hydrolysis) is 1. The van der Waals surface area contributed by atoms with E-state index >= 15 is 0 Å². The van der Waals surface area contributed by atoms with Crippen molar-refractivity contribution in [3.63, 3.8) is 0 Å². The summed E-state index contributed by atoms with van der Waals surface area (Å²) in [5, 5.41) is 17.9. The number of ether oxygens (including phenoxy) is 2. The average Bonchev–Trinajstić information content (AvgIpc) is 2.68. The minimum absolute atomic E-state index is 0.294. The van der Waals surface area contributed by atoms with Crippen molar-refractivity contribution in [2.24, 2.45) is 0 Å². The Hall–Kier alpha value is -1.56. The fraction of sp³-hybridized carbons (Fsp3) is 0.850. The van der Waals surface area contributed by atoms with Gasteiger partial charge in [0.1, 0.15) is 17.7 Å². The van der Waals surface area contributed by atoms with E-state index in [1.54, 1.807) is 32.5 Å². The smallest absolute Gasteiger partial charge is 0.408 e. The number of thioether (sulfide) groups is 1. The van der Waals surface area contributed by atoms with Crippen LogP contribution in [-0.2, 0) is 19.1 Å². The predicted octanol–water partition coefficient (Wildman–Crippen LogP) is -0.0532. The molecule has 1 fully saturated rings. The summed E-state index contributed by atoms with van der Waals surface area (Å²) in [6.45, 7) is 10.7. The van der Waals surface area contributed by atoms with Gasteiger partial charge in [0.2, 0.25) is 11.8 Å². The molecule has 10 nitrogen and oxygen atoms in total. The van der Waals surface area contributed by atoms with Gasteiger partial charge in [0.05, 0.1) is 19.3 Å². The number of carbonyl (C=O) groups excluding carboxylic acids is 3. The molecular weight excluding hydrogens is 424 g/mol. The van der Waals surface area contributed by atoms with Crippen LogP contribution in [0, 0.1) is 0 Å². The van der Waals surface area contributed by atoms with E-state index in [1.165, 1.54) is 6.92 Å². The van der Waals surface area contributed by atoms with Crippen LogP contribution in [-0.4, -0.2) is 103 Å². The van der Waals surface area contributed by atoms with Gasteiger partial charge in [0.25, 0.3) is 0 Å². The molecule has 1 aliphatic heterocycles. The fourth-order valence-corrected chi connectivity index (χ4v) is 3.36. The van der Waals surface area contributed by atoms with Gasteiger partial charge in [-0.25, -0.2) is 4.79 Å². The lowest BCUT2D eigenvalue weighted by molar-refractivity contribution is -0.131. The first kappa shape index (κ1) is 27.5. The molecule has 3 atom stereocenters. The molecule has 3 amide bonds. The maximum Gasteiger partial charge on any atom is 0.408 e. The number of hydrogen-bond donors (Lipinski definition) is 4. The normalized spacial score (nSPS) is 17.9. The first-order valence-electron chi connectivity index (χ1n) is 10.6. The van der Waals surface area contributed by atoms with Gasteiger partial charge in [-0.05, 0) is 46.1 Å². The van der Waals surface area contributed by atoms with Crippen molar-refractivity contribution in [3.8, 4) is 0 Å². The van der Waals surface area contributed by atoms with E-state index in [9.17, 15) is 19.5 Å². The number of nitrogens with zero attached hydrogens (tertiary/aromatic N) is 1. The summed E-state index contributed by atoms with van der Waals surface area (Å²) in [4.78, 5) is 39.7. The summed E-state index contributed by atoms with van der Waals surface area (Å²) >= 11 is 1.56. The maximum atomic E-state index is 12.7. The standard InChI is InChI=1S/C20H38N4O6S/c1-14(25)16(23-19(28)30-20(2,3)4)18(27)22-15(6-13-31-5)17(26)21-7-8-24-9-11-29-12-10-24/h14-16,25H,6-13H2,1-5H3,(H,21,26)(H,22,27)(H,23,28)/t14-,15+,16+/m1/s1. The van der Waals surface area contributed by atoms with Crippen molar-refractivity contribution in [1.82, 2.24) is 20.9 Å². The van der Waals surface area contributed by atoms with E-state index < -0.39 is 35.8 Å². The summed E-state index contributed by atoms with van der Waals surface area (Å²) in [5.74, 6) is -0.270. The predicted molar refractivity (Wildman–Crippen MR) is 120 cm³/mol. The van der Waals surface area contributed by atoms with Crippen LogP contribution in [0.3, 0.4) is 0 Å². The van der Waals surface area contributed by atoms with Crippen LogP contribution in [0.25, 0.3) is 0 Å².